The Morgan fingerprint density at radius 3 is 2.11 bits per heavy atom. The Balaban J connectivity index is 3.22. The second-order valence-corrected chi connectivity index (χ2v) is 2.92. The normalized spacial score (nSPS) is 17.3. The van der Waals surface area contributed by atoms with Crippen molar-refractivity contribution in [2.24, 2.45) is 11.7 Å². The van der Waals surface area contributed by atoms with Gasteiger partial charge >= 0.3 is 0 Å². The molecule has 1 nitrogen and oxygen atoms in total. The Hall–Kier alpha value is -0.0400. The van der Waals surface area contributed by atoms with E-state index in [1.165, 1.54) is 12.8 Å². The van der Waals surface area contributed by atoms with Crippen molar-refractivity contribution in [1.82, 2.24) is 0 Å². The summed E-state index contributed by atoms with van der Waals surface area (Å²) in [5, 5.41) is 0. The van der Waals surface area contributed by atoms with E-state index in [9.17, 15) is 0 Å². The third-order valence-electron chi connectivity index (χ3n) is 1.93. The number of nitrogens with two attached hydrogens (primary N) is 1. The summed E-state index contributed by atoms with van der Waals surface area (Å²) in [6.07, 6.45) is 3.56. The number of hydrogen-bond donors (Lipinski definition) is 1. The molecule has 0 aromatic heterocycles. The monoisotopic (exact) mass is 129 g/mol. The van der Waals surface area contributed by atoms with Gasteiger partial charge in [0.2, 0.25) is 0 Å². The molecule has 0 heterocycles. The van der Waals surface area contributed by atoms with Crippen LogP contribution in [0.15, 0.2) is 0 Å². The molecular weight excluding hydrogens is 110 g/mol. The van der Waals surface area contributed by atoms with Crippen LogP contribution in [0.2, 0.25) is 0 Å². The van der Waals surface area contributed by atoms with E-state index in [1.807, 2.05) is 0 Å². The van der Waals surface area contributed by atoms with Gasteiger partial charge in [0, 0.05) is 6.04 Å². The van der Waals surface area contributed by atoms with Gasteiger partial charge in [-0.2, -0.15) is 0 Å². The minimum atomic E-state index is 0.431. The highest BCUT2D eigenvalue weighted by molar-refractivity contribution is 4.61. The predicted molar refractivity (Wildman–Crippen MR) is 42.3 cm³/mol. The summed E-state index contributed by atoms with van der Waals surface area (Å²) in [6.45, 7) is 6.62. The van der Waals surface area contributed by atoms with E-state index < -0.39 is 0 Å². The third-order valence-corrected chi connectivity index (χ3v) is 1.93. The van der Waals surface area contributed by atoms with Gasteiger partial charge in [-0.15, -0.1) is 0 Å². The highest BCUT2D eigenvalue weighted by atomic mass is 14.6. The topological polar surface area (TPSA) is 26.0 Å². The molecule has 0 spiro atoms. The first-order valence-corrected chi connectivity index (χ1v) is 3.96. The summed E-state index contributed by atoms with van der Waals surface area (Å²) in [7, 11) is 0. The van der Waals surface area contributed by atoms with Crippen molar-refractivity contribution in [1.29, 1.82) is 0 Å². The Labute approximate surface area is 58.6 Å². The lowest BCUT2D eigenvalue weighted by molar-refractivity contribution is 0.445. The van der Waals surface area contributed by atoms with Crippen LogP contribution in [0.4, 0.5) is 0 Å². The molecule has 0 radical (unpaired) electrons. The molecule has 0 aliphatic carbocycles. The van der Waals surface area contributed by atoms with Crippen molar-refractivity contribution in [3.63, 3.8) is 0 Å². The van der Waals surface area contributed by atoms with Crippen molar-refractivity contribution < 1.29 is 0 Å². The molecule has 0 rings (SSSR count). The second kappa shape index (κ2) is 4.80. The molecule has 0 aliphatic rings. The van der Waals surface area contributed by atoms with Crippen LogP contribution in [0.5, 0.6) is 0 Å². The molecule has 0 aromatic carbocycles. The van der Waals surface area contributed by atoms with Crippen molar-refractivity contribution >= 4 is 0 Å². The van der Waals surface area contributed by atoms with Gasteiger partial charge in [0.25, 0.3) is 0 Å². The van der Waals surface area contributed by atoms with E-state index in [1.54, 1.807) is 0 Å². The lowest BCUT2D eigenvalue weighted by atomic mass is 9.99. The SMILES string of the molecule is CC[C@H](C)C[C@H](N)CC. The maximum Gasteiger partial charge on any atom is 0.00387 e. The van der Waals surface area contributed by atoms with Crippen LogP contribution in [0.25, 0.3) is 0 Å². The van der Waals surface area contributed by atoms with Crippen LogP contribution in [-0.2, 0) is 0 Å². The van der Waals surface area contributed by atoms with Crippen LogP contribution in [0.3, 0.4) is 0 Å². The molecule has 2 N–H and O–H groups in total. The fraction of sp³-hybridized carbons (Fsp3) is 1.00. The first kappa shape index (κ1) is 8.96. The Kier molecular flexibility index (Phi) is 4.78. The zero-order valence-electron chi connectivity index (χ0n) is 6.85. The number of rotatable bonds is 4. The van der Waals surface area contributed by atoms with Crippen molar-refractivity contribution in [2.45, 2.75) is 46.1 Å². The molecule has 0 bridgehead atoms. The van der Waals surface area contributed by atoms with Gasteiger partial charge in [0.1, 0.15) is 0 Å². The fourth-order valence-electron chi connectivity index (χ4n) is 0.850. The maximum absolute atomic E-state index is 5.75. The van der Waals surface area contributed by atoms with Crippen LogP contribution in [-0.4, -0.2) is 6.04 Å². The summed E-state index contributed by atoms with van der Waals surface area (Å²) in [5.74, 6) is 0.806. The largest absolute Gasteiger partial charge is 0.328 e. The lowest BCUT2D eigenvalue weighted by Gasteiger charge is -2.12. The minimum absolute atomic E-state index is 0.431. The third kappa shape index (κ3) is 4.46. The smallest absolute Gasteiger partial charge is 0.00387 e. The standard InChI is InChI=1S/C8H19N/c1-4-7(3)6-8(9)5-2/h7-8H,4-6,9H2,1-3H3/t7-,8+/m0/s1. The van der Waals surface area contributed by atoms with Gasteiger partial charge in [0.05, 0.1) is 0 Å². The van der Waals surface area contributed by atoms with Crippen molar-refractivity contribution in [3.05, 3.63) is 0 Å². The van der Waals surface area contributed by atoms with Crippen LogP contribution >= 0.6 is 0 Å². The Morgan fingerprint density at radius 2 is 1.78 bits per heavy atom. The maximum atomic E-state index is 5.75. The van der Waals surface area contributed by atoms with Gasteiger partial charge < -0.3 is 5.73 Å². The lowest BCUT2D eigenvalue weighted by Crippen LogP contribution is -2.21. The molecule has 0 saturated heterocycles. The predicted octanol–water partition coefficient (Wildman–Crippen LogP) is 2.16. The summed E-state index contributed by atoms with van der Waals surface area (Å²) < 4.78 is 0. The molecule has 0 fully saturated rings. The molecule has 0 unspecified atom stereocenters. The van der Waals surface area contributed by atoms with Gasteiger partial charge in [-0.25, -0.2) is 0 Å². The first-order chi connectivity index (χ1) is 4.20. The summed E-state index contributed by atoms with van der Waals surface area (Å²) in [5.41, 5.74) is 5.75. The van der Waals surface area contributed by atoms with Crippen molar-refractivity contribution in [2.75, 3.05) is 0 Å². The average molecular weight is 129 g/mol. The van der Waals surface area contributed by atoms with E-state index in [0.717, 1.165) is 12.3 Å². The minimum Gasteiger partial charge on any atom is -0.328 e. The first-order valence-electron chi connectivity index (χ1n) is 3.96. The molecule has 1 heteroatoms. The molecule has 0 aromatic rings. The van der Waals surface area contributed by atoms with E-state index in [-0.39, 0.29) is 0 Å². The van der Waals surface area contributed by atoms with Gasteiger partial charge in [0.15, 0.2) is 0 Å². The quantitative estimate of drug-likeness (QED) is 0.618. The molecule has 2 atom stereocenters. The van der Waals surface area contributed by atoms with Crippen LogP contribution < -0.4 is 5.73 Å². The molecule has 0 amide bonds. The number of hydrogen-bond acceptors (Lipinski definition) is 1. The highest BCUT2D eigenvalue weighted by Gasteiger charge is 2.03. The van der Waals surface area contributed by atoms with E-state index in [4.69, 9.17) is 5.73 Å². The average Bonchev–Trinajstić information content (AvgIpc) is 1.87. The molecule has 9 heavy (non-hydrogen) atoms. The van der Waals surface area contributed by atoms with Crippen LogP contribution in [0, 0.1) is 5.92 Å². The summed E-state index contributed by atoms with van der Waals surface area (Å²) in [4.78, 5) is 0. The fourth-order valence-corrected chi connectivity index (χ4v) is 0.850. The van der Waals surface area contributed by atoms with Crippen molar-refractivity contribution in [3.8, 4) is 0 Å². The zero-order chi connectivity index (χ0) is 7.28. The summed E-state index contributed by atoms with van der Waals surface area (Å²) >= 11 is 0. The molecule has 0 aliphatic heterocycles. The van der Waals surface area contributed by atoms with Crippen LogP contribution in [0.1, 0.15) is 40.0 Å². The van der Waals surface area contributed by atoms with Gasteiger partial charge in [-0.3, -0.25) is 0 Å². The van der Waals surface area contributed by atoms with E-state index in [2.05, 4.69) is 20.8 Å². The van der Waals surface area contributed by atoms with E-state index in [0.29, 0.717) is 6.04 Å². The van der Waals surface area contributed by atoms with E-state index >= 15 is 0 Å². The Morgan fingerprint density at radius 1 is 1.22 bits per heavy atom. The Bertz CT molecular complexity index is 53.6. The molecule has 0 saturated carbocycles. The molecular formula is C8H19N. The van der Waals surface area contributed by atoms with Gasteiger partial charge in [-0.05, 0) is 18.8 Å². The molecule has 56 valence electrons. The zero-order valence-corrected chi connectivity index (χ0v) is 6.85. The second-order valence-electron chi connectivity index (χ2n) is 2.92. The van der Waals surface area contributed by atoms with Gasteiger partial charge in [-0.1, -0.05) is 27.2 Å². The summed E-state index contributed by atoms with van der Waals surface area (Å²) in [6, 6.07) is 0.431. The highest BCUT2D eigenvalue weighted by Crippen LogP contribution is 2.09.